The van der Waals surface area contributed by atoms with Gasteiger partial charge >= 0.3 is 0 Å². The summed E-state index contributed by atoms with van der Waals surface area (Å²) in [5.74, 6) is 1.09. The second-order valence-corrected chi connectivity index (χ2v) is 4.67. The van der Waals surface area contributed by atoms with Crippen molar-refractivity contribution in [2.45, 2.75) is 26.2 Å². The van der Waals surface area contributed by atoms with Crippen LogP contribution in [0.5, 0.6) is 11.5 Å². The number of hydrogen-bond acceptors (Lipinski definition) is 3. The van der Waals surface area contributed by atoms with Crippen molar-refractivity contribution in [1.29, 1.82) is 0 Å². The van der Waals surface area contributed by atoms with Crippen molar-refractivity contribution in [2.24, 2.45) is 0 Å². The van der Waals surface area contributed by atoms with Crippen LogP contribution in [0, 0.1) is 0 Å². The second-order valence-electron chi connectivity index (χ2n) is 4.67. The first-order valence-corrected chi connectivity index (χ1v) is 5.15. The van der Waals surface area contributed by atoms with Crippen molar-refractivity contribution >= 4 is 6.29 Å². The molecule has 0 amide bonds. The third-order valence-electron chi connectivity index (χ3n) is 2.50. The molecule has 0 bridgehead atoms. The number of hydrogen-bond donors (Lipinski definition) is 0. The molecular formula is C13H18O3. The average Bonchev–Trinajstić information content (AvgIpc) is 2.25. The first-order chi connectivity index (χ1) is 7.43. The molecule has 1 rings (SSSR count). The number of carbonyl (C=O) groups is 1. The molecule has 0 heterocycles. The van der Waals surface area contributed by atoms with Crippen LogP contribution in [-0.4, -0.2) is 20.5 Å². The highest BCUT2D eigenvalue weighted by Gasteiger charge is 2.19. The minimum Gasteiger partial charge on any atom is -0.493 e. The lowest BCUT2D eigenvalue weighted by molar-refractivity contribution is 0.112. The fourth-order valence-electron chi connectivity index (χ4n) is 1.51. The number of methoxy groups -OCH3 is 2. The first kappa shape index (κ1) is 12.6. The SMILES string of the molecule is COc1cc(C(C)(C)C)cc(C=O)c1OC. The summed E-state index contributed by atoms with van der Waals surface area (Å²) >= 11 is 0. The van der Waals surface area contributed by atoms with E-state index in [4.69, 9.17) is 9.47 Å². The summed E-state index contributed by atoms with van der Waals surface area (Å²) in [5, 5.41) is 0. The Labute approximate surface area is 96.4 Å². The zero-order valence-electron chi connectivity index (χ0n) is 10.5. The molecule has 88 valence electrons. The van der Waals surface area contributed by atoms with Crippen molar-refractivity contribution in [3.63, 3.8) is 0 Å². The Bertz CT molecular complexity index is 389. The molecule has 1 aromatic rings. The summed E-state index contributed by atoms with van der Waals surface area (Å²) in [6.07, 6.45) is 0.788. The number of carbonyl (C=O) groups excluding carboxylic acids is 1. The van der Waals surface area contributed by atoms with Gasteiger partial charge in [-0.1, -0.05) is 20.8 Å². The maximum absolute atomic E-state index is 11.0. The third-order valence-corrected chi connectivity index (χ3v) is 2.50. The zero-order chi connectivity index (χ0) is 12.3. The molecule has 0 saturated heterocycles. The van der Waals surface area contributed by atoms with E-state index in [1.54, 1.807) is 7.11 Å². The number of aldehydes is 1. The molecule has 0 N–H and O–H groups in total. The molecular weight excluding hydrogens is 204 g/mol. The monoisotopic (exact) mass is 222 g/mol. The quantitative estimate of drug-likeness (QED) is 0.738. The van der Waals surface area contributed by atoms with Gasteiger partial charge in [0.25, 0.3) is 0 Å². The van der Waals surface area contributed by atoms with E-state index in [0.29, 0.717) is 17.1 Å². The van der Waals surface area contributed by atoms with Crippen molar-refractivity contribution in [1.82, 2.24) is 0 Å². The molecule has 3 nitrogen and oxygen atoms in total. The first-order valence-electron chi connectivity index (χ1n) is 5.15. The van der Waals surface area contributed by atoms with Gasteiger partial charge < -0.3 is 9.47 Å². The number of rotatable bonds is 3. The van der Waals surface area contributed by atoms with Crippen LogP contribution in [0.3, 0.4) is 0 Å². The Hall–Kier alpha value is -1.51. The zero-order valence-corrected chi connectivity index (χ0v) is 10.5. The van der Waals surface area contributed by atoms with Crippen molar-refractivity contribution in [3.05, 3.63) is 23.3 Å². The molecule has 0 aliphatic heterocycles. The lowest BCUT2D eigenvalue weighted by atomic mass is 9.86. The summed E-state index contributed by atoms with van der Waals surface area (Å²) in [7, 11) is 3.10. The van der Waals surface area contributed by atoms with Crippen LogP contribution in [-0.2, 0) is 5.41 Å². The smallest absolute Gasteiger partial charge is 0.171 e. The summed E-state index contributed by atoms with van der Waals surface area (Å²) < 4.78 is 10.4. The fraction of sp³-hybridized carbons (Fsp3) is 0.462. The standard InChI is InChI=1S/C13H18O3/c1-13(2,3)10-6-9(8-14)12(16-5)11(7-10)15-4/h6-8H,1-5H3. The fourth-order valence-corrected chi connectivity index (χ4v) is 1.51. The van der Waals surface area contributed by atoms with Crippen molar-refractivity contribution in [3.8, 4) is 11.5 Å². The predicted molar refractivity (Wildman–Crippen MR) is 63.6 cm³/mol. The van der Waals surface area contributed by atoms with E-state index in [-0.39, 0.29) is 5.41 Å². The topological polar surface area (TPSA) is 35.5 Å². The summed E-state index contributed by atoms with van der Waals surface area (Å²) in [6, 6.07) is 3.75. The van der Waals surface area contributed by atoms with Crippen LogP contribution in [0.25, 0.3) is 0 Å². The normalized spacial score (nSPS) is 11.1. The lowest BCUT2D eigenvalue weighted by Crippen LogP contribution is -2.12. The summed E-state index contributed by atoms with van der Waals surface area (Å²) in [5.41, 5.74) is 1.54. The molecule has 3 heteroatoms. The van der Waals surface area contributed by atoms with Crippen molar-refractivity contribution in [2.75, 3.05) is 14.2 Å². The van der Waals surface area contributed by atoms with Crippen molar-refractivity contribution < 1.29 is 14.3 Å². The highest BCUT2D eigenvalue weighted by Crippen LogP contribution is 2.35. The maximum atomic E-state index is 11.0. The summed E-state index contributed by atoms with van der Waals surface area (Å²) in [6.45, 7) is 6.26. The highest BCUT2D eigenvalue weighted by atomic mass is 16.5. The van der Waals surface area contributed by atoms with Gasteiger partial charge in [-0.3, -0.25) is 4.79 Å². The van der Waals surface area contributed by atoms with Crippen LogP contribution < -0.4 is 9.47 Å². The Morgan fingerprint density at radius 1 is 1.12 bits per heavy atom. The largest absolute Gasteiger partial charge is 0.493 e. The molecule has 1 aromatic carbocycles. The van der Waals surface area contributed by atoms with Crippen LogP contribution in [0.15, 0.2) is 12.1 Å². The average molecular weight is 222 g/mol. The molecule has 0 saturated carbocycles. The molecule has 0 unspecified atom stereocenters. The molecule has 0 fully saturated rings. The Morgan fingerprint density at radius 3 is 2.12 bits per heavy atom. The van der Waals surface area contributed by atoms with Gasteiger partial charge in [-0.15, -0.1) is 0 Å². The van der Waals surface area contributed by atoms with Crippen LogP contribution in [0.1, 0.15) is 36.7 Å². The predicted octanol–water partition coefficient (Wildman–Crippen LogP) is 2.81. The van der Waals surface area contributed by atoms with E-state index in [2.05, 4.69) is 20.8 Å². The minimum absolute atomic E-state index is 0.0304. The molecule has 0 aliphatic carbocycles. The van der Waals surface area contributed by atoms with Gasteiger partial charge in [0, 0.05) is 0 Å². The Kier molecular flexibility index (Phi) is 3.58. The molecule has 0 aromatic heterocycles. The molecule has 16 heavy (non-hydrogen) atoms. The van der Waals surface area contributed by atoms with Crippen LogP contribution in [0.4, 0.5) is 0 Å². The van der Waals surface area contributed by atoms with E-state index < -0.39 is 0 Å². The Balaban J connectivity index is 3.43. The third kappa shape index (κ3) is 2.35. The van der Waals surface area contributed by atoms with Crippen LogP contribution >= 0.6 is 0 Å². The molecule has 0 radical (unpaired) electrons. The minimum atomic E-state index is -0.0304. The van der Waals surface area contributed by atoms with E-state index in [9.17, 15) is 4.79 Å². The van der Waals surface area contributed by atoms with Gasteiger partial charge in [0.2, 0.25) is 0 Å². The Morgan fingerprint density at radius 2 is 1.75 bits per heavy atom. The van der Waals surface area contributed by atoms with Gasteiger partial charge in [0.15, 0.2) is 17.8 Å². The van der Waals surface area contributed by atoms with Gasteiger partial charge in [-0.2, -0.15) is 0 Å². The highest BCUT2D eigenvalue weighted by molar-refractivity contribution is 5.82. The van der Waals surface area contributed by atoms with Gasteiger partial charge in [-0.25, -0.2) is 0 Å². The van der Waals surface area contributed by atoms with E-state index >= 15 is 0 Å². The lowest BCUT2D eigenvalue weighted by Gasteiger charge is -2.21. The van der Waals surface area contributed by atoms with Gasteiger partial charge in [0.1, 0.15) is 0 Å². The number of ether oxygens (including phenoxy) is 2. The van der Waals surface area contributed by atoms with E-state index in [1.165, 1.54) is 7.11 Å². The van der Waals surface area contributed by atoms with E-state index in [1.807, 2.05) is 12.1 Å². The summed E-state index contributed by atoms with van der Waals surface area (Å²) in [4.78, 5) is 11.0. The molecule has 0 aliphatic rings. The second kappa shape index (κ2) is 4.56. The number of benzene rings is 1. The van der Waals surface area contributed by atoms with Crippen LogP contribution in [0.2, 0.25) is 0 Å². The maximum Gasteiger partial charge on any atom is 0.171 e. The molecule has 0 spiro atoms. The van der Waals surface area contributed by atoms with E-state index in [0.717, 1.165) is 11.8 Å². The molecule has 0 atom stereocenters. The van der Waals surface area contributed by atoms with Gasteiger partial charge in [-0.05, 0) is 23.1 Å². The van der Waals surface area contributed by atoms with Gasteiger partial charge in [0.05, 0.1) is 19.8 Å².